The summed E-state index contributed by atoms with van der Waals surface area (Å²) >= 11 is 0. The third kappa shape index (κ3) is 6.20. The maximum atomic E-state index is 5.76. The Kier molecular flexibility index (Phi) is 8.15. The van der Waals surface area contributed by atoms with E-state index >= 15 is 0 Å². The van der Waals surface area contributed by atoms with Crippen molar-refractivity contribution in [1.82, 2.24) is 4.90 Å². The summed E-state index contributed by atoms with van der Waals surface area (Å²) in [5.41, 5.74) is 11.5. The lowest BCUT2D eigenvalue weighted by atomic mass is 10.4. The first-order valence-electron chi connectivity index (χ1n) is 4.87. The molecular formula is C8H22N3O3Si. The van der Waals surface area contributed by atoms with E-state index in [1.807, 2.05) is 18.7 Å². The Morgan fingerprint density at radius 1 is 1.13 bits per heavy atom. The predicted octanol–water partition coefficient (Wildman–Crippen LogP) is -0.808. The minimum absolute atomic E-state index is 0.0886. The zero-order valence-corrected chi connectivity index (χ0v) is 10.9. The Morgan fingerprint density at radius 3 is 1.93 bits per heavy atom. The number of hydrogen-bond donors (Lipinski definition) is 2. The monoisotopic (exact) mass is 236 g/mol. The maximum absolute atomic E-state index is 5.76. The van der Waals surface area contributed by atoms with Gasteiger partial charge in [0.25, 0.3) is 0 Å². The van der Waals surface area contributed by atoms with Crippen molar-refractivity contribution in [2.75, 3.05) is 27.4 Å². The van der Waals surface area contributed by atoms with Crippen LogP contribution in [0, 0.1) is 0 Å². The highest BCUT2D eigenvalue weighted by Crippen LogP contribution is 1.97. The van der Waals surface area contributed by atoms with Crippen molar-refractivity contribution < 1.29 is 13.3 Å². The van der Waals surface area contributed by atoms with E-state index in [9.17, 15) is 0 Å². The second-order valence-corrected chi connectivity index (χ2v) is 4.83. The third-order valence-corrected chi connectivity index (χ3v) is 3.06. The van der Waals surface area contributed by atoms with Crippen LogP contribution in [0.1, 0.15) is 13.8 Å². The van der Waals surface area contributed by atoms with Gasteiger partial charge in [-0.05, 0) is 13.8 Å². The van der Waals surface area contributed by atoms with Gasteiger partial charge in [0, 0.05) is 20.8 Å². The normalized spacial score (nSPS) is 16.0. The molecule has 2 unspecified atom stereocenters. The van der Waals surface area contributed by atoms with Gasteiger partial charge >= 0.3 is 9.53 Å². The van der Waals surface area contributed by atoms with E-state index in [-0.39, 0.29) is 12.3 Å². The molecule has 0 aliphatic carbocycles. The summed E-state index contributed by atoms with van der Waals surface area (Å²) in [5, 5.41) is 0. The number of hydrogen-bond acceptors (Lipinski definition) is 6. The van der Waals surface area contributed by atoms with Crippen LogP contribution in [0.15, 0.2) is 0 Å². The van der Waals surface area contributed by atoms with Crippen LogP contribution in [0.3, 0.4) is 0 Å². The fraction of sp³-hybridized carbons (Fsp3) is 1.00. The Bertz CT molecular complexity index is 148. The smallest absolute Gasteiger partial charge is 0.375 e. The van der Waals surface area contributed by atoms with Crippen LogP contribution in [0.5, 0.6) is 0 Å². The van der Waals surface area contributed by atoms with Crippen LogP contribution < -0.4 is 11.5 Å². The van der Waals surface area contributed by atoms with Crippen molar-refractivity contribution in [2.45, 2.75) is 26.2 Å². The van der Waals surface area contributed by atoms with E-state index in [0.717, 1.165) is 0 Å². The van der Waals surface area contributed by atoms with Gasteiger partial charge in [0.15, 0.2) is 0 Å². The predicted molar refractivity (Wildman–Crippen MR) is 59.7 cm³/mol. The molecule has 0 aromatic carbocycles. The number of rotatable bonds is 8. The molecule has 0 aromatic heterocycles. The first kappa shape index (κ1) is 15.0. The molecule has 0 saturated carbocycles. The van der Waals surface area contributed by atoms with Crippen LogP contribution in [0.2, 0.25) is 0 Å². The lowest BCUT2D eigenvalue weighted by Crippen LogP contribution is -2.50. The molecule has 0 fully saturated rings. The molecule has 0 amide bonds. The van der Waals surface area contributed by atoms with Crippen LogP contribution in [0.4, 0.5) is 0 Å². The lowest BCUT2D eigenvalue weighted by molar-refractivity contribution is 0.0903. The van der Waals surface area contributed by atoms with Gasteiger partial charge in [-0.25, -0.2) is 0 Å². The van der Waals surface area contributed by atoms with Crippen molar-refractivity contribution >= 4 is 9.53 Å². The molecule has 0 heterocycles. The van der Waals surface area contributed by atoms with Crippen LogP contribution >= 0.6 is 0 Å². The molecule has 0 aliphatic rings. The average Bonchev–Trinajstić information content (AvgIpc) is 2.17. The zero-order valence-electron chi connectivity index (χ0n) is 9.90. The molecule has 1 radical (unpaired) electrons. The minimum atomic E-state index is -1.58. The van der Waals surface area contributed by atoms with E-state index in [4.69, 9.17) is 24.7 Å². The SMILES string of the molecule is CO[Si](OC)OCCN(C(C)N)C(C)N. The second kappa shape index (κ2) is 8.17. The largest absolute Gasteiger partial charge is 0.577 e. The molecule has 0 aromatic rings. The molecule has 2 atom stereocenters. The molecule has 15 heavy (non-hydrogen) atoms. The highest BCUT2D eigenvalue weighted by Gasteiger charge is 2.18. The summed E-state index contributed by atoms with van der Waals surface area (Å²) in [5.74, 6) is 0. The molecular weight excluding hydrogens is 214 g/mol. The fourth-order valence-corrected chi connectivity index (χ4v) is 1.87. The van der Waals surface area contributed by atoms with E-state index in [0.29, 0.717) is 13.2 Å². The molecule has 4 N–H and O–H groups in total. The average molecular weight is 236 g/mol. The first-order chi connectivity index (χ1) is 7.02. The number of nitrogens with zero attached hydrogens (tertiary/aromatic N) is 1. The molecule has 0 spiro atoms. The van der Waals surface area contributed by atoms with E-state index in [2.05, 4.69) is 0 Å². The quantitative estimate of drug-likeness (QED) is 0.424. The van der Waals surface area contributed by atoms with E-state index in [1.54, 1.807) is 14.2 Å². The topological polar surface area (TPSA) is 83.0 Å². The Morgan fingerprint density at radius 2 is 1.60 bits per heavy atom. The Balaban J connectivity index is 3.80. The summed E-state index contributed by atoms with van der Waals surface area (Å²) in [7, 11) is 1.55. The van der Waals surface area contributed by atoms with Gasteiger partial charge in [-0.2, -0.15) is 0 Å². The van der Waals surface area contributed by atoms with Gasteiger partial charge < -0.3 is 24.7 Å². The highest BCUT2D eigenvalue weighted by atomic mass is 28.3. The van der Waals surface area contributed by atoms with E-state index < -0.39 is 9.53 Å². The van der Waals surface area contributed by atoms with Crippen LogP contribution in [0.25, 0.3) is 0 Å². The van der Waals surface area contributed by atoms with E-state index in [1.165, 1.54) is 0 Å². The summed E-state index contributed by atoms with van der Waals surface area (Å²) in [6.07, 6.45) is -0.177. The van der Waals surface area contributed by atoms with Crippen LogP contribution in [-0.2, 0) is 13.3 Å². The minimum Gasteiger partial charge on any atom is -0.375 e. The molecule has 0 aliphatic heterocycles. The van der Waals surface area contributed by atoms with Crippen molar-refractivity contribution in [2.24, 2.45) is 11.5 Å². The highest BCUT2D eigenvalue weighted by molar-refractivity contribution is 6.36. The number of nitrogens with two attached hydrogens (primary N) is 2. The van der Waals surface area contributed by atoms with Crippen molar-refractivity contribution in [3.63, 3.8) is 0 Å². The second-order valence-electron chi connectivity index (χ2n) is 3.23. The van der Waals surface area contributed by atoms with Gasteiger partial charge in [-0.15, -0.1) is 0 Å². The Labute approximate surface area is 93.4 Å². The molecule has 91 valence electrons. The van der Waals surface area contributed by atoms with Gasteiger partial charge in [0.2, 0.25) is 0 Å². The Hall–Kier alpha value is -0.0231. The summed E-state index contributed by atoms with van der Waals surface area (Å²) < 4.78 is 15.3. The van der Waals surface area contributed by atoms with Crippen molar-refractivity contribution in [3.05, 3.63) is 0 Å². The fourth-order valence-electron chi connectivity index (χ4n) is 1.21. The first-order valence-corrected chi connectivity index (χ1v) is 6.10. The molecule has 7 heteroatoms. The van der Waals surface area contributed by atoms with Gasteiger partial charge in [-0.1, -0.05) is 0 Å². The van der Waals surface area contributed by atoms with Gasteiger partial charge in [-0.3, -0.25) is 4.90 Å². The molecule has 0 rings (SSSR count). The summed E-state index contributed by atoms with van der Waals surface area (Å²) in [6, 6.07) is 0. The standard InChI is InChI=1S/C8H22N3O3Si/c1-7(9)11(8(2)10)5-6-14-15(12-3)13-4/h7-8H,5-6,9-10H2,1-4H3. The van der Waals surface area contributed by atoms with Gasteiger partial charge in [0.1, 0.15) is 0 Å². The molecule has 0 saturated heterocycles. The van der Waals surface area contributed by atoms with Gasteiger partial charge in [0.05, 0.1) is 18.9 Å². The summed E-state index contributed by atoms with van der Waals surface area (Å²) in [6.45, 7) is 4.94. The lowest BCUT2D eigenvalue weighted by Gasteiger charge is -2.29. The summed E-state index contributed by atoms with van der Waals surface area (Å²) in [4.78, 5) is 1.94. The maximum Gasteiger partial charge on any atom is 0.577 e. The van der Waals surface area contributed by atoms with Crippen molar-refractivity contribution in [3.8, 4) is 0 Å². The third-order valence-electron chi connectivity index (χ3n) is 1.95. The van der Waals surface area contributed by atoms with Crippen LogP contribution in [-0.4, -0.2) is 54.1 Å². The molecule has 6 nitrogen and oxygen atoms in total. The molecule has 0 bridgehead atoms. The zero-order chi connectivity index (χ0) is 11.8. The van der Waals surface area contributed by atoms with Crippen molar-refractivity contribution in [1.29, 1.82) is 0 Å².